The van der Waals surface area contributed by atoms with Gasteiger partial charge in [-0.25, -0.2) is 18.2 Å². The number of hydrogen-bond acceptors (Lipinski definition) is 5. The fourth-order valence-corrected chi connectivity index (χ4v) is 4.71. The minimum absolute atomic E-state index is 0.198. The van der Waals surface area contributed by atoms with Crippen molar-refractivity contribution in [2.75, 3.05) is 31.2 Å². The highest BCUT2D eigenvalue weighted by Crippen LogP contribution is 2.40. The first-order chi connectivity index (χ1) is 18.0. The van der Waals surface area contributed by atoms with Gasteiger partial charge in [0.15, 0.2) is 23.1 Å². The molecule has 2 aromatic heterocycles. The molecule has 0 spiro atoms. The molecule has 3 aromatic rings. The molecule has 0 radical (unpaired) electrons. The SMILES string of the molecule is O=C(N[C@@H](C1CC1)C(F)(F)F)c1cn(-c2c(F)cc(F)cc2Cl)c2nc(N3CCOCC3)c(F)cc2c1=O. The quantitative estimate of drug-likeness (QED) is 0.469. The largest absolute Gasteiger partial charge is 0.408 e. The second-order valence-electron chi connectivity index (χ2n) is 9.05. The van der Waals surface area contributed by atoms with Gasteiger partial charge in [0.1, 0.15) is 23.1 Å². The lowest BCUT2D eigenvalue weighted by atomic mass is 10.1. The molecule has 0 unspecified atom stereocenters. The zero-order valence-corrected chi connectivity index (χ0v) is 20.2. The minimum atomic E-state index is -4.78. The number of pyridine rings is 2. The number of benzene rings is 1. The van der Waals surface area contributed by atoms with Crippen LogP contribution < -0.4 is 15.6 Å². The van der Waals surface area contributed by atoms with Gasteiger partial charge in [0.2, 0.25) is 5.43 Å². The monoisotopic (exact) mass is 560 g/mol. The zero-order valence-electron chi connectivity index (χ0n) is 19.4. The van der Waals surface area contributed by atoms with Crippen molar-refractivity contribution in [2.45, 2.75) is 25.1 Å². The lowest BCUT2D eigenvalue weighted by Crippen LogP contribution is -2.48. The molecule has 14 heteroatoms. The Bertz CT molecular complexity index is 1460. The Morgan fingerprint density at radius 2 is 1.79 bits per heavy atom. The normalized spacial score (nSPS) is 17.1. The first kappa shape index (κ1) is 26.3. The number of fused-ring (bicyclic) bond motifs is 1. The Morgan fingerprint density at radius 1 is 1.11 bits per heavy atom. The smallest absolute Gasteiger partial charge is 0.378 e. The van der Waals surface area contributed by atoms with Crippen LogP contribution in [0.15, 0.2) is 29.2 Å². The maximum atomic E-state index is 15.2. The third-order valence-corrected chi connectivity index (χ3v) is 6.71. The van der Waals surface area contributed by atoms with Gasteiger partial charge in [0.05, 0.1) is 23.6 Å². The average Bonchev–Trinajstić information content (AvgIpc) is 3.68. The second kappa shape index (κ2) is 9.77. The molecule has 2 fully saturated rings. The Hall–Kier alpha value is -3.32. The van der Waals surface area contributed by atoms with Gasteiger partial charge in [-0.3, -0.25) is 14.2 Å². The number of carbonyl (C=O) groups is 1. The number of morpholine rings is 1. The van der Waals surface area contributed by atoms with E-state index in [9.17, 15) is 31.5 Å². The summed E-state index contributed by atoms with van der Waals surface area (Å²) in [5.41, 5.74) is -2.82. The Kier molecular flexibility index (Phi) is 6.76. The summed E-state index contributed by atoms with van der Waals surface area (Å²) < 4.78 is 90.6. The topological polar surface area (TPSA) is 76.5 Å². The number of carbonyl (C=O) groups excluding carboxylic acids is 1. The predicted molar refractivity (Wildman–Crippen MR) is 125 cm³/mol. The first-order valence-corrected chi connectivity index (χ1v) is 11.9. The van der Waals surface area contributed by atoms with Gasteiger partial charge in [0, 0.05) is 25.4 Å². The molecule has 7 nitrogen and oxygen atoms in total. The molecular formula is C24H19ClF6N4O3. The number of halogens is 7. The van der Waals surface area contributed by atoms with Crippen molar-refractivity contribution in [3.8, 4) is 5.69 Å². The van der Waals surface area contributed by atoms with Crippen LogP contribution in [0.3, 0.4) is 0 Å². The summed E-state index contributed by atoms with van der Waals surface area (Å²) in [6, 6.07) is -0.170. The molecule has 1 saturated carbocycles. The van der Waals surface area contributed by atoms with Crippen LogP contribution >= 0.6 is 11.6 Å². The highest BCUT2D eigenvalue weighted by molar-refractivity contribution is 6.32. The first-order valence-electron chi connectivity index (χ1n) is 11.6. The standard InChI is InChI=1S/C24H19ClF6N4O3/c25-15-7-12(26)8-16(27)18(15)35-10-14(23(37)32-20(11-1-2-11)24(29,30)31)19(36)13-9-17(28)22(33-21(13)35)34-3-5-38-6-4-34/h7-11,20H,1-6H2,(H,32,37)/t20-/m0/s1. The van der Waals surface area contributed by atoms with Crippen LogP contribution in [0.2, 0.25) is 5.02 Å². The number of aromatic nitrogens is 2. The fraction of sp³-hybridized carbons (Fsp3) is 0.375. The summed E-state index contributed by atoms with van der Waals surface area (Å²) in [5, 5.41) is 0.841. The molecule has 202 valence electrons. The van der Waals surface area contributed by atoms with Crippen LogP contribution in [0.4, 0.5) is 32.2 Å². The summed E-state index contributed by atoms with van der Waals surface area (Å²) in [6.07, 6.45) is -3.53. The van der Waals surface area contributed by atoms with E-state index in [1.54, 1.807) is 0 Å². The van der Waals surface area contributed by atoms with E-state index in [0.717, 1.165) is 22.9 Å². The maximum absolute atomic E-state index is 15.2. The van der Waals surface area contributed by atoms with E-state index in [4.69, 9.17) is 16.3 Å². The van der Waals surface area contributed by atoms with Crippen LogP contribution in [0.1, 0.15) is 23.2 Å². The Balaban J connectivity index is 1.72. The van der Waals surface area contributed by atoms with E-state index < -0.39 is 68.6 Å². The molecule has 38 heavy (non-hydrogen) atoms. The molecular weight excluding hydrogens is 542 g/mol. The lowest BCUT2D eigenvalue weighted by Gasteiger charge is -2.28. The molecule has 0 bridgehead atoms. The highest BCUT2D eigenvalue weighted by atomic mass is 35.5. The molecule has 1 N–H and O–H groups in total. The minimum Gasteiger partial charge on any atom is -0.378 e. The van der Waals surface area contributed by atoms with Crippen molar-refractivity contribution in [2.24, 2.45) is 5.92 Å². The van der Waals surface area contributed by atoms with E-state index in [0.29, 0.717) is 6.07 Å². The number of ether oxygens (including phenoxy) is 1. The van der Waals surface area contributed by atoms with Crippen LogP contribution in [-0.4, -0.2) is 54.0 Å². The lowest BCUT2D eigenvalue weighted by molar-refractivity contribution is -0.158. The number of nitrogens with zero attached hydrogens (tertiary/aromatic N) is 3. The van der Waals surface area contributed by atoms with E-state index in [1.807, 2.05) is 5.32 Å². The van der Waals surface area contributed by atoms with Gasteiger partial charge < -0.3 is 15.0 Å². The molecule has 5 rings (SSSR count). The van der Waals surface area contributed by atoms with Crippen LogP contribution in [0.5, 0.6) is 0 Å². The van der Waals surface area contributed by atoms with Crippen molar-refractivity contribution in [1.29, 1.82) is 0 Å². The Labute approximate surface area is 215 Å². The summed E-state index contributed by atoms with van der Waals surface area (Å²) in [4.78, 5) is 31.9. The van der Waals surface area contributed by atoms with Gasteiger partial charge in [-0.1, -0.05) is 11.6 Å². The van der Waals surface area contributed by atoms with Crippen LogP contribution in [-0.2, 0) is 4.74 Å². The van der Waals surface area contributed by atoms with Gasteiger partial charge in [-0.05, 0) is 30.9 Å². The number of hydrogen-bond donors (Lipinski definition) is 1. The number of nitrogens with one attached hydrogen (secondary N) is 1. The van der Waals surface area contributed by atoms with E-state index in [1.165, 1.54) is 4.90 Å². The fourth-order valence-electron chi connectivity index (χ4n) is 4.42. The molecule has 1 saturated heterocycles. The van der Waals surface area contributed by atoms with Crippen molar-refractivity contribution in [3.05, 3.63) is 62.7 Å². The van der Waals surface area contributed by atoms with Gasteiger partial charge in [-0.15, -0.1) is 0 Å². The van der Waals surface area contributed by atoms with Gasteiger partial charge in [-0.2, -0.15) is 13.2 Å². The number of alkyl halides is 3. The number of anilines is 1. The van der Waals surface area contributed by atoms with Crippen LogP contribution in [0.25, 0.3) is 16.7 Å². The summed E-state index contributed by atoms with van der Waals surface area (Å²) in [7, 11) is 0. The summed E-state index contributed by atoms with van der Waals surface area (Å²) in [5.74, 6) is -5.62. The Morgan fingerprint density at radius 3 is 2.39 bits per heavy atom. The van der Waals surface area contributed by atoms with E-state index in [-0.39, 0.29) is 50.6 Å². The summed E-state index contributed by atoms with van der Waals surface area (Å²) in [6.45, 7) is 1.05. The molecule has 1 aliphatic heterocycles. The maximum Gasteiger partial charge on any atom is 0.408 e. The van der Waals surface area contributed by atoms with Crippen LogP contribution in [0, 0.1) is 23.4 Å². The van der Waals surface area contributed by atoms with E-state index in [2.05, 4.69) is 4.98 Å². The predicted octanol–water partition coefficient (Wildman–Crippen LogP) is 4.36. The molecule has 3 heterocycles. The highest BCUT2D eigenvalue weighted by Gasteiger charge is 2.50. The molecule has 1 aromatic carbocycles. The molecule has 2 aliphatic rings. The summed E-state index contributed by atoms with van der Waals surface area (Å²) >= 11 is 6.10. The molecule has 1 atom stereocenters. The van der Waals surface area contributed by atoms with E-state index >= 15 is 4.39 Å². The zero-order chi connectivity index (χ0) is 27.4. The van der Waals surface area contributed by atoms with Gasteiger partial charge in [0.25, 0.3) is 5.91 Å². The van der Waals surface area contributed by atoms with Crippen molar-refractivity contribution in [1.82, 2.24) is 14.9 Å². The molecule has 1 amide bonds. The second-order valence-corrected chi connectivity index (χ2v) is 9.46. The van der Waals surface area contributed by atoms with Crippen molar-refractivity contribution < 1.29 is 35.9 Å². The van der Waals surface area contributed by atoms with Crippen molar-refractivity contribution in [3.63, 3.8) is 0 Å². The third kappa shape index (κ3) is 4.92. The average molecular weight is 561 g/mol. The number of amides is 1. The molecule has 1 aliphatic carbocycles. The third-order valence-electron chi connectivity index (χ3n) is 6.42. The number of rotatable bonds is 5. The van der Waals surface area contributed by atoms with Gasteiger partial charge >= 0.3 is 6.18 Å². The van der Waals surface area contributed by atoms with Crippen molar-refractivity contribution >= 4 is 34.4 Å².